The van der Waals surface area contributed by atoms with E-state index in [1.807, 2.05) is 0 Å². The van der Waals surface area contributed by atoms with Gasteiger partial charge in [-0.05, 0) is 25.7 Å². The number of rotatable bonds is 4. The van der Waals surface area contributed by atoms with Crippen LogP contribution in [0.15, 0.2) is 11.1 Å². The van der Waals surface area contributed by atoms with Crippen molar-refractivity contribution in [2.24, 2.45) is 11.7 Å². The minimum Gasteiger partial charge on any atom is -0.329 e. The van der Waals surface area contributed by atoms with E-state index >= 15 is 0 Å². The second kappa shape index (κ2) is 5.60. The van der Waals surface area contributed by atoms with E-state index in [2.05, 4.69) is 17.1 Å². The molecule has 108 valence electrons. The lowest BCUT2D eigenvalue weighted by Gasteiger charge is -2.37. The van der Waals surface area contributed by atoms with E-state index in [1.165, 1.54) is 6.20 Å². The van der Waals surface area contributed by atoms with Gasteiger partial charge < -0.3 is 5.73 Å². The summed E-state index contributed by atoms with van der Waals surface area (Å²) < 4.78 is 26.8. The van der Waals surface area contributed by atoms with Crippen LogP contribution >= 0.6 is 0 Å². The second-order valence-corrected chi connectivity index (χ2v) is 7.02. The first-order valence-electron chi connectivity index (χ1n) is 6.72. The van der Waals surface area contributed by atoms with Gasteiger partial charge in [-0.3, -0.25) is 5.10 Å². The summed E-state index contributed by atoms with van der Waals surface area (Å²) >= 11 is 0. The third-order valence-electron chi connectivity index (χ3n) is 3.99. The second-order valence-electron chi connectivity index (χ2n) is 5.16. The van der Waals surface area contributed by atoms with Crippen molar-refractivity contribution >= 4 is 10.0 Å². The van der Waals surface area contributed by atoms with Crippen molar-refractivity contribution < 1.29 is 8.42 Å². The average molecular weight is 286 g/mol. The van der Waals surface area contributed by atoms with Crippen LogP contribution < -0.4 is 5.73 Å². The van der Waals surface area contributed by atoms with Gasteiger partial charge in [-0.15, -0.1) is 0 Å². The van der Waals surface area contributed by atoms with Gasteiger partial charge in [0.15, 0.2) is 0 Å². The zero-order valence-corrected chi connectivity index (χ0v) is 12.3. The number of piperidine rings is 1. The standard InChI is InChI=1S/C12H22N4O2S/c1-3-10-4-5-16(11(6-10)7-13)19(17,18)12-8-14-15-9(12)2/h8,10-11H,3-7,13H2,1-2H3,(H,14,15). The molecule has 1 aromatic rings. The summed E-state index contributed by atoms with van der Waals surface area (Å²) in [6, 6.07) is -0.0991. The Hall–Kier alpha value is -0.920. The van der Waals surface area contributed by atoms with Crippen LogP contribution in [0.5, 0.6) is 0 Å². The number of aromatic amines is 1. The monoisotopic (exact) mass is 286 g/mol. The van der Waals surface area contributed by atoms with Crippen molar-refractivity contribution in [3.05, 3.63) is 11.9 Å². The van der Waals surface area contributed by atoms with E-state index in [-0.39, 0.29) is 10.9 Å². The molecule has 2 unspecified atom stereocenters. The Balaban J connectivity index is 2.28. The summed E-state index contributed by atoms with van der Waals surface area (Å²) in [5.74, 6) is 0.574. The molecule has 2 atom stereocenters. The largest absolute Gasteiger partial charge is 0.329 e. The minimum absolute atomic E-state index is 0.0991. The highest BCUT2D eigenvalue weighted by Crippen LogP contribution is 2.30. The van der Waals surface area contributed by atoms with E-state index in [0.29, 0.717) is 24.7 Å². The van der Waals surface area contributed by atoms with Gasteiger partial charge in [-0.25, -0.2) is 8.42 Å². The summed E-state index contributed by atoms with van der Waals surface area (Å²) in [7, 11) is -3.48. The molecule has 2 rings (SSSR count). The molecular formula is C12H22N4O2S. The van der Waals surface area contributed by atoms with Crippen LogP contribution in [0.4, 0.5) is 0 Å². The molecule has 0 aliphatic carbocycles. The lowest BCUT2D eigenvalue weighted by atomic mass is 9.90. The average Bonchev–Trinajstić information content (AvgIpc) is 2.84. The fourth-order valence-electron chi connectivity index (χ4n) is 2.74. The van der Waals surface area contributed by atoms with E-state index < -0.39 is 10.0 Å². The van der Waals surface area contributed by atoms with Gasteiger partial charge in [0.25, 0.3) is 0 Å². The predicted octanol–water partition coefficient (Wildman–Crippen LogP) is 0.856. The molecule has 19 heavy (non-hydrogen) atoms. The first kappa shape index (κ1) is 14.5. The summed E-state index contributed by atoms with van der Waals surface area (Å²) in [4.78, 5) is 0.265. The van der Waals surface area contributed by atoms with E-state index in [9.17, 15) is 8.42 Å². The lowest BCUT2D eigenvalue weighted by molar-refractivity contribution is 0.197. The van der Waals surface area contributed by atoms with E-state index in [4.69, 9.17) is 5.73 Å². The molecule has 1 saturated heterocycles. The molecule has 3 N–H and O–H groups in total. The van der Waals surface area contributed by atoms with Gasteiger partial charge in [0.05, 0.1) is 11.9 Å². The number of sulfonamides is 1. The summed E-state index contributed by atoms with van der Waals surface area (Å²) in [5, 5.41) is 6.48. The van der Waals surface area contributed by atoms with E-state index in [1.54, 1.807) is 11.2 Å². The van der Waals surface area contributed by atoms with Crippen molar-refractivity contribution in [3.63, 3.8) is 0 Å². The van der Waals surface area contributed by atoms with E-state index in [0.717, 1.165) is 19.3 Å². The van der Waals surface area contributed by atoms with Crippen molar-refractivity contribution in [3.8, 4) is 0 Å². The summed E-state index contributed by atoms with van der Waals surface area (Å²) in [6.45, 7) is 4.78. The summed E-state index contributed by atoms with van der Waals surface area (Å²) in [6.07, 6.45) is 4.21. The van der Waals surface area contributed by atoms with Gasteiger partial charge in [0, 0.05) is 19.1 Å². The Morgan fingerprint density at radius 1 is 1.58 bits per heavy atom. The van der Waals surface area contributed by atoms with Crippen molar-refractivity contribution in [2.75, 3.05) is 13.1 Å². The Bertz CT molecular complexity index is 526. The number of nitrogens with two attached hydrogens (primary N) is 1. The Kier molecular flexibility index (Phi) is 4.27. The van der Waals surface area contributed by atoms with Gasteiger partial charge in [0.2, 0.25) is 10.0 Å². The molecule has 0 spiro atoms. The predicted molar refractivity (Wildman–Crippen MR) is 73.1 cm³/mol. The number of hydrogen-bond acceptors (Lipinski definition) is 4. The maximum absolute atomic E-state index is 12.6. The number of nitrogens with zero attached hydrogens (tertiary/aromatic N) is 2. The first-order chi connectivity index (χ1) is 9.00. The normalized spacial score (nSPS) is 25.6. The minimum atomic E-state index is -3.48. The highest BCUT2D eigenvalue weighted by molar-refractivity contribution is 7.89. The maximum atomic E-state index is 12.6. The molecule has 2 heterocycles. The highest BCUT2D eigenvalue weighted by Gasteiger charge is 2.36. The van der Waals surface area contributed by atoms with Crippen LogP contribution in [-0.4, -0.2) is 42.1 Å². The molecule has 1 aromatic heterocycles. The van der Waals surface area contributed by atoms with Gasteiger partial charge >= 0.3 is 0 Å². The topological polar surface area (TPSA) is 92.1 Å². The van der Waals surface area contributed by atoms with Crippen LogP contribution in [0.2, 0.25) is 0 Å². The lowest BCUT2D eigenvalue weighted by Crippen LogP contribution is -2.49. The summed E-state index contributed by atoms with van der Waals surface area (Å²) in [5.41, 5.74) is 6.35. The number of aromatic nitrogens is 2. The maximum Gasteiger partial charge on any atom is 0.246 e. The molecule has 0 bridgehead atoms. The first-order valence-corrected chi connectivity index (χ1v) is 8.16. The van der Waals surface area contributed by atoms with Crippen LogP contribution in [0.25, 0.3) is 0 Å². The fourth-order valence-corrected chi connectivity index (χ4v) is 4.52. The molecule has 1 aliphatic heterocycles. The molecular weight excluding hydrogens is 264 g/mol. The molecule has 1 fully saturated rings. The van der Waals surface area contributed by atoms with Crippen LogP contribution in [0.3, 0.4) is 0 Å². The number of aryl methyl sites for hydroxylation is 1. The molecule has 7 heteroatoms. The molecule has 1 aliphatic rings. The fraction of sp³-hybridized carbons (Fsp3) is 0.750. The Morgan fingerprint density at radius 2 is 2.32 bits per heavy atom. The van der Waals surface area contributed by atoms with Crippen molar-refractivity contribution in [1.29, 1.82) is 0 Å². The molecule has 6 nitrogen and oxygen atoms in total. The molecule has 0 saturated carbocycles. The third-order valence-corrected chi connectivity index (χ3v) is 6.06. The van der Waals surface area contributed by atoms with Crippen LogP contribution in [0.1, 0.15) is 31.9 Å². The third kappa shape index (κ3) is 2.68. The zero-order chi connectivity index (χ0) is 14.0. The van der Waals surface area contributed by atoms with Gasteiger partial charge in [0.1, 0.15) is 4.90 Å². The van der Waals surface area contributed by atoms with Crippen LogP contribution in [0, 0.1) is 12.8 Å². The smallest absolute Gasteiger partial charge is 0.246 e. The van der Waals surface area contributed by atoms with Gasteiger partial charge in [-0.2, -0.15) is 9.40 Å². The Labute approximate surface area is 114 Å². The highest BCUT2D eigenvalue weighted by atomic mass is 32.2. The molecule has 0 aromatic carbocycles. The number of H-pyrrole nitrogens is 1. The molecule has 0 radical (unpaired) electrons. The van der Waals surface area contributed by atoms with Crippen LogP contribution in [-0.2, 0) is 10.0 Å². The molecule has 0 amide bonds. The van der Waals surface area contributed by atoms with Gasteiger partial charge in [-0.1, -0.05) is 13.3 Å². The SMILES string of the molecule is CCC1CCN(S(=O)(=O)c2cn[nH]c2C)C(CN)C1. The quantitative estimate of drug-likeness (QED) is 0.858. The van der Waals surface area contributed by atoms with Crippen molar-refractivity contribution in [1.82, 2.24) is 14.5 Å². The zero-order valence-electron chi connectivity index (χ0n) is 11.5. The number of nitrogens with one attached hydrogen (secondary N) is 1. The van der Waals surface area contributed by atoms with Crippen molar-refractivity contribution in [2.45, 2.75) is 44.0 Å². The number of hydrogen-bond donors (Lipinski definition) is 2. The Morgan fingerprint density at radius 3 is 2.84 bits per heavy atom.